The lowest BCUT2D eigenvalue weighted by Crippen LogP contribution is -2.24. The van der Waals surface area contributed by atoms with Crippen molar-refractivity contribution in [2.45, 2.75) is 27.3 Å². The fourth-order valence-electron chi connectivity index (χ4n) is 2.42. The van der Waals surface area contributed by atoms with E-state index in [2.05, 4.69) is 5.10 Å². The third-order valence-electron chi connectivity index (χ3n) is 3.76. The summed E-state index contributed by atoms with van der Waals surface area (Å²) >= 11 is 0. The van der Waals surface area contributed by atoms with Gasteiger partial charge in [0.2, 0.25) is 5.91 Å². The van der Waals surface area contributed by atoms with Gasteiger partial charge < -0.3 is 4.90 Å². The van der Waals surface area contributed by atoms with Crippen LogP contribution in [0.4, 0.5) is 0 Å². The minimum atomic E-state index is -0.0191. The second-order valence-corrected chi connectivity index (χ2v) is 5.48. The first kappa shape index (κ1) is 16.7. The van der Waals surface area contributed by atoms with E-state index in [1.54, 1.807) is 24.1 Å². The van der Waals surface area contributed by atoms with E-state index in [0.717, 1.165) is 22.6 Å². The van der Waals surface area contributed by atoms with Crippen LogP contribution in [0.25, 0.3) is 5.69 Å². The van der Waals surface area contributed by atoms with Crippen molar-refractivity contribution in [1.82, 2.24) is 14.7 Å². The van der Waals surface area contributed by atoms with Crippen LogP contribution < -0.4 is 0 Å². The molecule has 1 heterocycles. The first-order valence-corrected chi connectivity index (χ1v) is 7.69. The average Bonchev–Trinajstić information content (AvgIpc) is 2.84. The fourth-order valence-corrected chi connectivity index (χ4v) is 2.42. The summed E-state index contributed by atoms with van der Waals surface area (Å²) < 4.78 is 1.93. The molecule has 0 saturated carbocycles. The van der Waals surface area contributed by atoms with Gasteiger partial charge in [-0.1, -0.05) is 36.4 Å². The van der Waals surface area contributed by atoms with Crippen LogP contribution in [0.3, 0.4) is 0 Å². The molecule has 0 aliphatic heterocycles. The molecule has 4 nitrogen and oxygen atoms in total. The Morgan fingerprint density at radius 1 is 1.22 bits per heavy atom. The Kier molecular flexibility index (Phi) is 5.52. The van der Waals surface area contributed by atoms with Gasteiger partial charge >= 0.3 is 0 Å². The monoisotopic (exact) mass is 309 g/mol. The Labute approximate surface area is 137 Å². The minimum absolute atomic E-state index is 0.0191. The van der Waals surface area contributed by atoms with E-state index in [1.807, 2.05) is 67.9 Å². The molecule has 1 aromatic carbocycles. The van der Waals surface area contributed by atoms with Crippen molar-refractivity contribution in [2.24, 2.45) is 0 Å². The molecule has 23 heavy (non-hydrogen) atoms. The van der Waals surface area contributed by atoms with Gasteiger partial charge in [0, 0.05) is 30.9 Å². The lowest BCUT2D eigenvalue weighted by molar-refractivity contribution is -0.125. The summed E-state index contributed by atoms with van der Waals surface area (Å²) in [6.07, 6.45) is 7.07. The molecule has 0 unspecified atom stereocenters. The molecule has 2 rings (SSSR count). The number of para-hydroxylation sites is 1. The predicted octanol–water partition coefficient (Wildman–Crippen LogP) is 3.58. The third-order valence-corrected chi connectivity index (χ3v) is 3.76. The Balaban J connectivity index is 2.21. The molecule has 0 atom stereocenters. The number of hydrogen-bond donors (Lipinski definition) is 0. The lowest BCUT2D eigenvalue weighted by atomic mass is 10.2. The van der Waals surface area contributed by atoms with E-state index in [1.165, 1.54) is 0 Å². The summed E-state index contributed by atoms with van der Waals surface area (Å²) in [5, 5.41) is 4.62. The molecule has 0 N–H and O–H groups in total. The number of carbonyl (C=O) groups is 1. The highest BCUT2D eigenvalue weighted by atomic mass is 16.2. The number of aromatic nitrogens is 2. The highest BCUT2D eigenvalue weighted by Gasteiger charge is 2.15. The van der Waals surface area contributed by atoms with Crippen LogP contribution in [-0.2, 0) is 11.3 Å². The van der Waals surface area contributed by atoms with Crippen molar-refractivity contribution < 1.29 is 4.79 Å². The molecule has 1 amide bonds. The maximum Gasteiger partial charge on any atom is 0.246 e. The SMILES string of the molecule is C/C=C/C=C\C(=O)N(C)Cc1c(C)nn(-c2ccccc2)c1C. The first-order valence-electron chi connectivity index (χ1n) is 7.69. The maximum atomic E-state index is 12.1. The van der Waals surface area contributed by atoms with Crippen LogP contribution in [0.1, 0.15) is 23.9 Å². The Bertz CT molecular complexity index is 727. The van der Waals surface area contributed by atoms with E-state index in [-0.39, 0.29) is 5.91 Å². The number of aryl methyl sites for hydroxylation is 1. The summed E-state index contributed by atoms with van der Waals surface area (Å²) in [6.45, 7) is 6.48. The van der Waals surface area contributed by atoms with E-state index >= 15 is 0 Å². The minimum Gasteiger partial charge on any atom is -0.338 e. The summed E-state index contributed by atoms with van der Waals surface area (Å²) in [4.78, 5) is 13.8. The van der Waals surface area contributed by atoms with Crippen LogP contribution in [0.2, 0.25) is 0 Å². The van der Waals surface area contributed by atoms with E-state index in [4.69, 9.17) is 0 Å². The number of likely N-dealkylation sites (N-methyl/N-ethyl adjacent to an activating group) is 1. The smallest absolute Gasteiger partial charge is 0.246 e. The zero-order valence-electron chi connectivity index (χ0n) is 14.2. The molecule has 0 aliphatic rings. The van der Waals surface area contributed by atoms with Gasteiger partial charge in [0.25, 0.3) is 0 Å². The van der Waals surface area contributed by atoms with Gasteiger partial charge in [-0.2, -0.15) is 5.10 Å². The van der Waals surface area contributed by atoms with Crippen molar-refractivity contribution in [3.8, 4) is 5.69 Å². The largest absolute Gasteiger partial charge is 0.338 e. The van der Waals surface area contributed by atoms with Crippen molar-refractivity contribution in [3.63, 3.8) is 0 Å². The molecule has 2 aromatic rings. The van der Waals surface area contributed by atoms with E-state index in [9.17, 15) is 4.79 Å². The molecule has 4 heteroatoms. The molecule has 1 aromatic heterocycles. The van der Waals surface area contributed by atoms with E-state index < -0.39 is 0 Å². The van der Waals surface area contributed by atoms with Gasteiger partial charge in [-0.15, -0.1) is 0 Å². The molecular formula is C19H23N3O. The van der Waals surface area contributed by atoms with Gasteiger partial charge in [0.15, 0.2) is 0 Å². The van der Waals surface area contributed by atoms with E-state index in [0.29, 0.717) is 6.54 Å². The first-order chi connectivity index (χ1) is 11.0. The quantitative estimate of drug-likeness (QED) is 0.625. The van der Waals surface area contributed by atoms with Crippen molar-refractivity contribution in [2.75, 3.05) is 7.05 Å². The standard InChI is InChI=1S/C19H23N3O/c1-5-6-8-13-19(23)21(4)14-18-15(2)20-22(16(18)3)17-11-9-7-10-12-17/h5-13H,14H2,1-4H3/b6-5+,13-8-. The summed E-state index contributed by atoms with van der Waals surface area (Å²) in [5.41, 5.74) is 4.12. The number of nitrogens with zero attached hydrogens (tertiary/aromatic N) is 3. The molecule has 0 saturated heterocycles. The zero-order chi connectivity index (χ0) is 16.8. The van der Waals surface area contributed by atoms with Crippen LogP contribution in [0, 0.1) is 13.8 Å². The van der Waals surface area contributed by atoms with Gasteiger partial charge in [-0.25, -0.2) is 4.68 Å². The van der Waals surface area contributed by atoms with Crippen LogP contribution in [-0.4, -0.2) is 27.6 Å². The summed E-state index contributed by atoms with van der Waals surface area (Å²) in [6, 6.07) is 10.0. The van der Waals surface area contributed by atoms with Crippen molar-refractivity contribution in [1.29, 1.82) is 0 Å². The third kappa shape index (κ3) is 3.97. The Morgan fingerprint density at radius 3 is 2.57 bits per heavy atom. The number of benzene rings is 1. The summed E-state index contributed by atoms with van der Waals surface area (Å²) in [7, 11) is 1.81. The normalized spacial score (nSPS) is 11.5. The number of hydrogen-bond acceptors (Lipinski definition) is 2. The van der Waals surface area contributed by atoms with Gasteiger partial charge in [0.05, 0.1) is 11.4 Å². The molecule has 120 valence electrons. The zero-order valence-corrected chi connectivity index (χ0v) is 14.2. The number of carbonyl (C=O) groups excluding carboxylic acids is 1. The molecule has 0 aliphatic carbocycles. The van der Waals surface area contributed by atoms with Gasteiger partial charge in [-0.05, 0) is 32.9 Å². The summed E-state index contributed by atoms with van der Waals surface area (Å²) in [5.74, 6) is -0.0191. The molecule has 0 spiro atoms. The van der Waals surface area contributed by atoms with Crippen molar-refractivity contribution >= 4 is 5.91 Å². The fraction of sp³-hybridized carbons (Fsp3) is 0.263. The number of rotatable bonds is 5. The predicted molar refractivity (Wildman–Crippen MR) is 93.5 cm³/mol. The molecule has 0 radical (unpaired) electrons. The number of amides is 1. The van der Waals surface area contributed by atoms with Crippen molar-refractivity contribution in [3.05, 3.63) is 71.6 Å². The lowest BCUT2D eigenvalue weighted by Gasteiger charge is -2.15. The van der Waals surface area contributed by atoms with Gasteiger partial charge in [-0.3, -0.25) is 4.79 Å². The Morgan fingerprint density at radius 2 is 1.91 bits per heavy atom. The van der Waals surface area contributed by atoms with Gasteiger partial charge in [0.1, 0.15) is 0 Å². The Hall–Kier alpha value is -2.62. The molecule has 0 fully saturated rings. The second-order valence-electron chi connectivity index (χ2n) is 5.48. The van der Waals surface area contributed by atoms with Crippen LogP contribution in [0.5, 0.6) is 0 Å². The number of allylic oxidation sites excluding steroid dienone is 3. The van der Waals surface area contributed by atoms with Crippen LogP contribution >= 0.6 is 0 Å². The average molecular weight is 309 g/mol. The second kappa shape index (κ2) is 7.58. The maximum absolute atomic E-state index is 12.1. The van der Waals surface area contributed by atoms with Crippen LogP contribution in [0.15, 0.2) is 54.6 Å². The molecule has 0 bridgehead atoms. The highest BCUT2D eigenvalue weighted by Crippen LogP contribution is 2.19. The highest BCUT2D eigenvalue weighted by molar-refractivity contribution is 5.87. The molecular weight excluding hydrogens is 286 g/mol. The topological polar surface area (TPSA) is 38.1 Å².